The van der Waals surface area contributed by atoms with E-state index in [0.29, 0.717) is 13.2 Å². The molecule has 0 saturated heterocycles. The van der Waals surface area contributed by atoms with Gasteiger partial charge in [0.15, 0.2) is 0 Å². The Kier molecular flexibility index (Phi) is 6.46. The van der Waals surface area contributed by atoms with E-state index < -0.39 is 5.91 Å². The number of rotatable bonds is 7. The summed E-state index contributed by atoms with van der Waals surface area (Å²) in [5.74, 6) is -0.435. The van der Waals surface area contributed by atoms with Crippen molar-refractivity contribution < 1.29 is 9.53 Å². The number of hydrogen-bond donors (Lipinski definition) is 2. The molecule has 0 heterocycles. The molecular formula is C12H17IN2O2. The molecule has 0 aliphatic heterocycles. The van der Waals surface area contributed by atoms with Crippen LogP contribution in [0.25, 0.3) is 0 Å². The molecule has 5 heteroatoms. The average molecular weight is 348 g/mol. The third kappa shape index (κ3) is 5.99. The van der Waals surface area contributed by atoms with E-state index in [4.69, 9.17) is 10.5 Å². The van der Waals surface area contributed by atoms with Gasteiger partial charge < -0.3 is 15.8 Å². The van der Waals surface area contributed by atoms with Crippen LogP contribution in [0.5, 0.6) is 0 Å². The Hall–Kier alpha value is -0.660. The zero-order valence-corrected chi connectivity index (χ0v) is 11.9. The van der Waals surface area contributed by atoms with Crippen LogP contribution in [0.15, 0.2) is 24.3 Å². The summed E-state index contributed by atoms with van der Waals surface area (Å²) in [6.45, 7) is 3.26. The van der Waals surface area contributed by atoms with E-state index in [1.165, 1.54) is 9.13 Å². The molecule has 3 N–H and O–H groups in total. The minimum Gasteiger partial charge on any atom is -0.370 e. The zero-order valence-electron chi connectivity index (χ0n) is 9.78. The fourth-order valence-electron chi connectivity index (χ4n) is 1.39. The lowest BCUT2D eigenvalue weighted by Crippen LogP contribution is -2.25. The quantitative estimate of drug-likeness (QED) is 0.579. The van der Waals surface area contributed by atoms with Crippen molar-refractivity contribution in [2.45, 2.75) is 13.0 Å². The molecule has 0 radical (unpaired) electrons. The van der Waals surface area contributed by atoms with E-state index in [1.54, 1.807) is 0 Å². The Morgan fingerprint density at radius 1 is 1.47 bits per heavy atom. The van der Waals surface area contributed by atoms with Gasteiger partial charge in [0.25, 0.3) is 0 Å². The minimum absolute atomic E-state index is 0.0143. The highest BCUT2D eigenvalue weighted by Crippen LogP contribution is 2.13. The first-order chi connectivity index (χ1) is 8.09. The van der Waals surface area contributed by atoms with Crippen molar-refractivity contribution in [1.29, 1.82) is 0 Å². The molecule has 1 unspecified atom stereocenters. The molecule has 17 heavy (non-hydrogen) atoms. The van der Waals surface area contributed by atoms with Crippen LogP contribution in [0.1, 0.15) is 18.5 Å². The summed E-state index contributed by atoms with van der Waals surface area (Å²) in [5, 5.41) is 3.31. The Bertz CT molecular complexity index is 354. The number of nitrogens with one attached hydrogen (secondary N) is 1. The molecule has 0 aromatic heterocycles. The third-order valence-electron chi connectivity index (χ3n) is 2.31. The Morgan fingerprint density at radius 3 is 2.71 bits per heavy atom. The second-order valence-electron chi connectivity index (χ2n) is 3.75. The maximum absolute atomic E-state index is 10.4. The van der Waals surface area contributed by atoms with E-state index >= 15 is 0 Å². The summed E-state index contributed by atoms with van der Waals surface area (Å²) < 4.78 is 6.29. The molecule has 1 atom stereocenters. The van der Waals surface area contributed by atoms with Crippen LogP contribution in [0.2, 0.25) is 0 Å². The Balaban J connectivity index is 2.23. The molecule has 0 bridgehead atoms. The van der Waals surface area contributed by atoms with E-state index in [-0.39, 0.29) is 12.6 Å². The lowest BCUT2D eigenvalue weighted by atomic mass is 10.1. The maximum Gasteiger partial charge on any atom is 0.243 e. The van der Waals surface area contributed by atoms with Gasteiger partial charge in [-0.3, -0.25) is 4.79 Å². The number of halogens is 1. The predicted octanol–water partition coefficient (Wildman–Crippen LogP) is 1.44. The van der Waals surface area contributed by atoms with Crippen LogP contribution in [0, 0.1) is 3.57 Å². The Labute approximate surface area is 115 Å². The Morgan fingerprint density at radius 2 is 2.12 bits per heavy atom. The van der Waals surface area contributed by atoms with Crippen molar-refractivity contribution in [1.82, 2.24) is 5.32 Å². The molecule has 1 rings (SSSR count). The van der Waals surface area contributed by atoms with E-state index in [1.807, 2.05) is 0 Å². The van der Waals surface area contributed by atoms with Gasteiger partial charge in [-0.05, 0) is 47.2 Å². The SMILES string of the molecule is CC(NCCOCC(N)=O)c1ccc(I)cc1. The largest absolute Gasteiger partial charge is 0.370 e. The normalized spacial score (nSPS) is 12.4. The smallest absolute Gasteiger partial charge is 0.243 e. The number of ether oxygens (including phenoxy) is 1. The molecule has 0 aliphatic carbocycles. The van der Waals surface area contributed by atoms with E-state index in [2.05, 4.69) is 59.1 Å². The summed E-state index contributed by atoms with van der Waals surface area (Å²) in [4.78, 5) is 10.4. The maximum atomic E-state index is 10.4. The summed E-state index contributed by atoms with van der Waals surface area (Å²) in [6.07, 6.45) is 0. The highest BCUT2D eigenvalue weighted by atomic mass is 127. The molecule has 1 aromatic rings. The lowest BCUT2D eigenvalue weighted by Gasteiger charge is -2.14. The number of amides is 1. The van der Waals surface area contributed by atoms with Gasteiger partial charge in [0.05, 0.1) is 6.61 Å². The molecule has 0 fully saturated rings. The highest BCUT2D eigenvalue weighted by Gasteiger charge is 2.03. The van der Waals surface area contributed by atoms with Gasteiger partial charge in [-0.15, -0.1) is 0 Å². The molecule has 4 nitrogen and oxygen atoms in total. The van der Waals surface area contributed by atoms with Gasteiger partial charge in [0.2, 0.25) is 5.91 Å². The summed E-state index contributed by atoms with van der Waals surface area (Å²) >= 11 is 2.28. The number of carbonyl (C=O) groups excluding carboxylic acids is 1. The number of carbonyl (C=O) groups is 1. The fourth-order valence-corrected chi connectivity index (χ4v) is 1.75. The van der Waals surface area contributed by atoms with Crippen LogP contribution >= 0.6 is 22.6 Å². The second-order valence-corrected chi connectivity index (χ2v) is 4.99. The average Bonchev–Trinajstić information content (AvgIpc) is 2.29. The summed E-state index contributed by atoms with van der Waals surface area (Å²) in [5.41, 5.74) is 6.19. The van der Waals surface area contributed by atoms with Crippen molar-refractivity contribution >= 4 is 28.5 Å². The molecule has 0 saturated carbocycles. The monoisotopic (exact) mass is 348 g/mol. The number of primary amides is 1. The molecular weight excluding hydrogens is 331 g/mol. The molecule has 94 valence electrons. The molecule has 0 spiro atoms. The first-order valence-electron chi connectivity index (χ1n) is 5.44. The number of hydrogen-bond acceptors (Lipinski definition) is 3. The number of benzene rings is 1. The van der Waals surface area contributed by atoms with Crippen molar-refractivity contribution in [3.05, 3.63) is 33.4 Å². The topological polar surface area (TPSA) is 64.3 Å². The summed E-state index contributed by atoms with van der Waals surface area (Å²) in [6, 6.07) is 8.63. The van der Waals surface area contributed by atoms with E-state index in [0.717, 1.165) is 0 Å². The second kappa shape index (κ2) is 7.62. The van der Waals surface area contributed by atoms with Gasteiger partial charge in [0, 0.05) is 16.2 Å². The van der Waals surface area contributed by atoms with Gasteiger partial charge in [0.1, 0.15) is 6.61 Å². The molecule has 0 aliphatic rings. The molecule has 1 amide bonds. The first kappa shape index (κ1) is 14.4. The third-order valence-corrected chi connectivity index (χ3v) is 3.03. The van der Waals surface area contributed by atoms with Gasteiger partial charge in [-0.1, -0.05) is 12.1 Å². The van der Waals surface area contributed by atoms with Gasteiger partial charge in [-0.2, -0.15) is 0 Å². The zero-order chi connectivity index (χ0) is 12.7. The highest BCUT2D eigenvalue weighted by molar-refractivity contribution is 14.1. The van der Waals surface area contributed by atoms with Crippen LogP contribution in [0.3, 0.4) is 0 Å². The van der Waals surface area contributed by atoms with Crippen LogP contribution in [-0.4, -0.2) is 25.7 Å². The van der Waals surface area contributed by atoms with Crippen molar-refractivity contribution in [2.24, 2.45) is 5.73 Å². The standard InChI is InChI=1S/C12H17IN2O2/c1-9(10-2-4-11(13)5-3-10)15-6-7-17-8-12(14)16/h2-5,9,15H,6-8H2,1H3,(H2,14,16). The van der Waals surface area contributed by atoms with Crippen molar-refractivity contribution in [3.63, 3.8) is 0 Å². The summed E-state index contributed by atoms with van der Waals surface area (Å²) in [7, 11) is 0. The van der Waals surface area contributed by atoms with E-state index in [9.17, 15) is 4.79 Å². The van der Waals surface area contributed by atoms with Crippen LogP contribution in [0.4, 0.5) is 0 Å². The predicted molar refractivity (Wildman–Crippen MR) is 75.6 cm³/mol. The fraction of sp³-hybridized carbons (Fsp3) is 0.417. The number of nitrogens with two attached hydrogens (primary N) is 1. The minimum atomic E-state index is -0.435. The molecule has 1 aromatic carbocycles. The lowest BCUT2D eigenvalue weighted by molar-refractivity contribution is -0.122. The van der Waals surface area contributed by atoms with Gasteiger partial charge >= 0.3 is 0 Å². The van der Waals surface area contributed by atoms with Crippen molar-refractivity contribution in [3.8, 4) is 0 Å². The van der Waals surface area contributed by atoms with Gasteiger partial charge in [-0.25, -0.2) is 0 Å². The van der Waals surface area contributed by atoms with Crippen molar-refractivity contribution in [2.75, 3.05) is 19.8 Å². The van der Waals surface area contributed by atoms with Crippen LogP contribution < -0.4 is 11.1 Å². The van der Waals surface area contributed by atoms with Crippen LogP contribution in [-0.2, 0) is 9.53 Å². The first-order valence-corrected chi connectivity index (χ1v) is 6.52.